The second kappa shape index (κ2) is 6.10. The summed E-state index contributed by atoms with van der Waals surface area (Å²) in [5.41, 5.74) is 0.827. The SMILES string of the molecule is CCOC(=O)Cc1c(C)cc(C(F)F)cc1C#N. The molecule has 1 aromatic carbocycles. The molecule has 0 aliphatic rings. The molecule has 0 aromatic heterocycles. The van der Waals surface area contributed by atoms with Gasteiger partial charge in [0.05, 0.1) is 24.7 Å². The Kier molecular flexibility index (Phi) is 4.78. The molecule has 18 heavy (non-hydrogen) atoms. The number of hydrogen-bond acceptors (Lipinski definition) is 3. The molecule has 0 amide bonds. The van der Waals surface area contributed by atoms with E-state index in [1.54, 1.807) is 13.8 Å². The van der Waals surface area contributed by atoms with Gasteiger partial charge in [-0.15, -0.1) is 0 Å². The van der Waals surface area contributed by atoms with E-state index in [9.17, 15) is 13.6 Å². The Morgan fingerprint density at radius 1 is 1.50 bits per heavy atom. The summed E-state index contributed by atoms with van der Waals surface area (Å²) in [5.74, 6) is -0.470. The van der Waals surface area contributed by atoms with Crippen LogP contribution in [0, 0.1) is 18.3 Å². The predicted octanol–water partition coefficient (Wildman–Crippen LogP) is 2.91. The minimum absolute atomic E-state index is 0.0773. The van der Waals surface area contributed by atoms with E-state index in [2.05, 4.69) is 0 Å². The van der Waals surface area contributed by atoms with Gasteiger partial charge in [-0.25, -0.2) is 8.78 Å². The Bertz CT molecular complexity index is 492. The Balaban J connectivity index is 3.12. The van der Waals surface area contributed by atoms with Crippen LogP contribution in [-0.4, -0.2) is 12.6 Å². The third kappa shape index (κ3) is 3.27. The number of aryl methyl sites for hydroxylation is 1. The van der Waals surface area contributed by atoms with Gasteiger partial charge in [0, 0.05) is 5.56 Å². The number of alkyl halides is 2. The largest absolute Gasteiger partial charge is 0.466 e. The highest BCUT2D eigenvalue weighted by Gasteiger charge is 2.16. The van der Waals surface area contributed by atoms with Gasteiger partial charge in [-0.1, -0.05) is 6.07 Å². The summed E-state index contributed by atoms with van der Waals surface area (Å²) in [7, 11) is 0. The maximum atomic E-state index is 12.6. The van der Waals surface area contributed by atoms with E-state index in [-0.39, 0.29) is 24.2 Å². The van der Waals surface area contributed by atoms with Crippen molar-refractivity contribution in [2.45, 2.75) is 26.7 Å². The maximum Gasteiger partial charge on any atom is 0.310 e. The van der Waals surface area contributed by atoms with Gasteiger partial charge in [0.1, 0.15) is 0 Å². The summed E-state index contributed by atoms with van der Waals surface area (Å²) in [5, 5.41) is 8.94. The molecule has 5 heteroatoms. The Morgan fingerprint density at radius 3 is 2.67 bits per heavy atom. The maximum absolute atomic E-state index is 12.6. The molecule has 0 aliphatic carbocycles. The number of rotatable bonds is 4. The smallest absolute Gasteiger partial charge is 0.310 e. The monoisotopic (exact) mass is 253 g/mol. The number of carbonyl (C=O) groups is 1. The normalized spacial score (nSPS) is 10.2. The van der Waals surface area contributed by atoms with Gasteiger partial charge in [-0.2, -0.15) is 5.26 Å². The fraction of sp³-hybridized carbons (Fsp3) is 0.385. The Labute approximate surface area is 104 Å². The number of hydrogen-bond donors (Lipinski definition) is 0. The second-order valence-electron chi connectivity index (χ2n) is 3.76. The van der Waals surface area contributed by atoms with Gasteiger partial charge in [0.25, 0.3) is 6.43 Å². The summed E-state index contributed by atoms with van der Waals surface area (Å²) in [6.45, 7) is 3.52. The summed E-state index contributed by atoms with van der Waals surface area (Å²) < 4.78 is 29.9. The lowest BCUT2D eigenvalue weighted by Crippen LogP contribution is -2.10. The average molecular weight is 253 g/mol. The first-order valence-corrected chi connectivity index (χ1v) is 5.46. The lowest BCUT2D eigenvalue weighted by molar-refractivity contribution is -0.142. The van der Waals surface area contributed by atoms with Crippen molar-refractivity contribution in [3.63, 3.8) is 0 Å². The van der Waals surface area contributed by atoms with E-state index in [1.807, 2.05) is 6.07 Å². The number of esters is 1. The minimum atomic E-state index is -2.63. The van der Waals surface area contributed by atoms with Crippen LogP contribution in [0.4, 0.5) is 8.78 Å². The molecule has 0 bridgehead atoms. The molecular formula is C13H13F2NO2. The molecule has 0 spiro atoms. The van der Waals surface area contributed by atoms with E-state index < -0.39 is 12.4 Å². The lowest BCUT2D eigenvalue weighted by Gasteiger charge is -2.10. The average Bonchev–Trinajstić information content (AvgIpc) is 2.31. The van der Waals surface area contributed by atoms with Crippen molar-refractivity contribution < 1.29 is 18.3 Å². The molecule has 0 fully saturated rings. The van der Waals surface area contributed by atoms with E-state index >= 15 is 0 Å². The molecule has 0 saturated carbocycles. The van der Waals surface area contributed by atoms with E-state index in [4.69, 9.17) is 10.00 Å². The van der Waals surface area contributed by atoms with Crippen molar-refractivity contribution in [2.24, 2.45) is 0 Å². The van der Waals surface area contributed by atoms with Crippen molar-refractivity contribution in [1.29, 1.82) is 5.26 Å². The van der Waals surface area contributed by atoms with Crippen LogP contribution >= 0.6 is 0 Å². The summed E-state index contributed by atoms with van der Waals surface area (Å²) in [6.07, 6.45) is -2.71. The molecule has 3 nitrogen and oxygen atoms in total. The molecule has 96 valence electrons. The fourth-order valence-electron chi connectivity index (χ4n) is 1.66. The lowest BCUT2D eigenvalue weighted by atomic mass is 9.97. The van der Waals surface area contributed by atoms with Gasteiger partial charge in [0.15, 0.2) is 0 Å². The van der Waals surface area contributed by atoms with Gasteiger partial charge in [-0.3, -0.25) is 4.79 Å². The molecule has 0 N–H and O–H groups in total. The topological polar surface area (TPSA) is 50.1 Å². The van der Waals surface area contributed by atoms with Crippen molar-refractivity contribution >= 4 is 5.97 Å². The number of nitriles is 1. The quantitative estimate of drug-likeness (QED) is 0.775. The van der Waals surface area contributed by atoms with Crippen LogP contribution in [0.15, 0.2) is 12.1 Å². The molecule has 0 heterocycles. The van der Waals surface area contributed by atoms with Crippen LogP contribution in [0.25, 0.3) is 0 Å². The van der Waals surface area contributed by atoms with Gasteiger partial charge < -0.3 is 4.74 Å². The van der Waals surface area contributed by atoms with Crippen molar-refractivity contribution in [1.82, 2.24) is 0 Å². The highest BCUT2D eigenvalue weighted by molar-refractivity contribution is 5.74. The van der Waals surface area contributed by atoms with E-state index in [1.165, 1.54) is 6.07 Å². The molecule has 0 unspecified atom stereocenters. The third-order valence-electron chi connectivity index (χ3n) is 2.49. The Hall–Kier alpha value is -1.96. The molecule has 0 saturated heterocycles. The van der Waals surface area contributed by atoms with Crippen molar-refractivity contribution in [3.05, 3.63) is 34.4 Å². The van der Waals surface area contributed by atoms with Crippen LogP contribution in [0.1, 0.15) is 35.6 Å². The number of carbonyl (C=O) groups excluding carboxylic acids is 1. The molecule has 0 radical (unpaired) electrons. The first-order valence-electron chi connectivity index (χ1n) is 5.46. The molecule has 0 atom stereocenters. The van der Waals surface area contributed by atoms with Crippen LogP contribution in [0.5, 0.6) is 0 Å². The van der Waals surface area contributed by atoms with Crippen LogP contribution in [-0.2, 0) is 16.0 Å². The number of ether oxygens (including phenoxy) is 1. The zero-order valence-corrected chi connectivity index (χ0v) is 10.2. The minimum Gasteiger partial charge on any atom is -0.466 e. The van der Waals surface area contributed by atoms with Crippen molar-refractivity contribution in [3.8, 4) is 6.07 Å². The number of benzene rings is 1. The summed E-state index contributed by atoms with van der Waals surface area (Å²) >= 11 is 0. The summed E-state index contributed by atoms with van der Waals surface area (Å²) in [4.78, 5) is 11.4. The van der Waals surface area contributed by atoms with Crippen molar-refractivity contribution in [2.75, 3.05) is 6.61 Å². The summed E-state index contributed by atoms with van der Waals surface area (Å²) in [6, 6.07) is 4.25. The highest BCUT2D eigenvalue weighted by atomic mass is 19.3. The Morgan fingerprint density at radius 2 is 2.17 bits per heavy atom. The fourth-order valence-corrected chi connectivity index (χ4v) is 1.66. The highest BCUT2D eigenvalue weighted by Crippen LogP contribution is 2.25. The van der Waals surface area contributed by atoms with Gasteiger partial charge in [-0.05, 0) is 31.0 Å². The van der Waals surface area contributed by atoms with Gasteiger partial charge in [0.2, 0.25) is 0 Å². The zero-order chi connectivity index (χ0) is 13.7. The van der Waals surface area contributed by atoms with Crippen LogP contribution < -0.4 is 0 Å². The first kappa shape index (κ1) is 14.1. The standard InChI is InChI=1S/C13H13F2NO2/c1-3-18-12(17)6-11-8(2)4-9(13(14)15)5-10(11)7-16/h4-5,13H,3,6H2,1-2H3. The molecule has 1 aromatic rings. The van der Waals surface area contributed by atoms with E-state index in [0.29, 0.717) is 11.1 Å². The third-order valence-corrected chi connectivity index (χ3v) is 2.49. The second-order valence-corrected chi connectivity index (χ2v) is 3.76. The number of halogens is 2. The van der Waals surface area contributed by atoms with E-state index in [0.717, 1.165) is 6.07 Å². The first-order chi connectivity index (χ1) is 8.49. The zero-order valence-electron chi connectivity index (χ0n) is 10.2. The molecule has 1 rings (SSSR count). The van der Waals surface area contributed by atoms with Crippen LogP contribution in [0.2, 0.25) is 0 Å². The van der Waals surface area contributed by atoms with Gasteiger partial charge >= 0.3 is 5.97 Å². The molecular weight excluding hydrogens is 240 g/mol. The predicted molar refractivity (Wildman–Crippen MR) is 61.2 cm³/mol. The number of nitrogens with zero attached hydrogens (tertiary/aromatic N) is 1. The van der Waals surface area contributed by atoms with Crippen LogP contribution in [0.3, 0.4) is 0 Å². The molecule has 0 aliphatic heterocycles.